The fraction of sp³-hybridized carbons (Fsp3) is 0.844. The third-order valence-electron chi connectivity index (χ3n) is 7.97. The van der Waals surface area contributed by atoms with Crippen molar-refractivity contribution >= 4 is 17.5 Å². The van der Waals surface area contributed by atoms with Gasteiger partial charge in [-0.1, -0.05) is 51.5 Å². The van der Waals surface area contributed by atoms with Gasteiger partial charge in [-0.15, -0.1) is 0 Å². The third kappa shape index (κ3) is 12.9. The van der Waals surface area contributed by atoms with E-state index >= 15 is 0 Å². The Balaban J connectivity index is 1.86. The van der Waals surface area contributed by atoms with Crippen molar-refractivity contribution in [1.82, 2.24) is 0 Å². The molecule has 2 rings (SSSR count). The average Bonchev–Trinajstić information content (AvgIpc) is 3.20. The summed E-state index contributed by atoms with van der Waals surface area (Å²) in [5, 5.41) is 0. The lowest BCUT2D eigenvalue weighted by molar-refractivity contribution is -0.196. The van der Waals surface area contributed by atoms with Crippen molar-refractivity contribution in [1.29, 1.82) is 0 Å². The van der Waals surface area contributed by atoms with Gasteiger partial charge in [0, 0.05) is 37.9 Å². The van der Waals surface area contributed by atoms with Gasteiger partial charge in [-0.3, -0.25) is 9.59 Å². The molecule has 0 amide bonds. The first-order valence-corrected chi connectivity index (χ1v) is 15.7. The van der Waals surface area contributed by atoms with E-state index < -0.39 is 18.1 Å². The van der Waals surface area contributed by atoms with E-state index in [-0.39, 0.29) is 61.3 Å². The Morgan fingerprint density at radius 2 is 1.80 bits per heavy atom. The van der Waals surface area contributed by atoms with Gasteiger partial charge in [-0.25, -0.2) is 4.79 Å². The Morgan fingerprint density at radius 1 is 1.05 bits per heavy atom. The summed E-state index contributed by atoms with van der Waals surface area (Å²) >= 11 is 0. The predicted molar refractivity (Wildman–Crippen MR) is 151 cm³/mol. The van der Waals surface area contributed by atoms with Crippen LogP contribution in [0.25, 0.3) is 0 Å². The molecule has 0 spiro atoms. The number of rotatable bonds is 20. The molecule has 8 heteroatoms. The second-order valence-corrected chi connectivity index (χ2v) is 11.8. The van der Waals surface area contributed by atoms with Crippen LogP contribution in [0.4, 0.5) is 8.78 Å². The number of carbonyl (C=O) groups excluding carboxylic acids is 3. The van der Waals surface area contributed by atoms with E-state index in [2.05, 4.69) is 0 Å². The summed E-state index contributed by atoms with van der Waals surface area (Å²) in [6.07, 6.45) is 13.1. The van der Waals surface area contributed by atoms with E-state index in [1.54, 1.807) is 0 Å². The molecule has 1 saturated carbocycles. The van der Waals surface area contributed by atoms with Crippen LogP contribution in [0.3, 0.4) is 0 Å². The average molecular weight is 571 g/mol. The normalized spacial score (nSPS) is 23.8. The van der Waals surface area contributed by atoms with Gasteiger partial charge in [0.2, 0.25) is 5.78 Å². The standard InChI is InChI=1S/C32H52F2O6/c1-4-5-6-14-21-32(33,34)29(36)20-19-26-25(27(35)23-28(26)40-31-18-13-15-22-38-31)16-11-9-7-8-10-12-17-30(37)39-24(2)3/h12,17,24-26,28,31H,4-11,13-16,18-23H2,1-3H3/t25-,26-,28-,31?/m1/s1. The van der Waals surface area contributed by atoms with Crippen LogP contribution in [0.2, 0.25) is 0 Å². The quantitative estimate of drug-likeness (QED) is 0.0841. The Bertz CT molecular complexity index is 790. The largest absolute Gasteiger partial charge is 0.460 e. The van der Waals surface area contributed by atoms with Crippen molar-refractivity contribution in [2.75, 3.05) is 6.61 Å². The number of unbranched alkanes of at least 4 members (excludes halogenated alkanes) is 7. The Hall–Kier alpha value is -1.67. The van der Waals surface area contributed by atoms with Crippen LogP contribution in [-0.2, 0) is 28.6 Å². The van der Waals surface area contributed by atoms with Gasteiger partial charge in [0.1, 0.15) is 5.78 Å². The molecule has 0 aromatic carbocycles. The van der Waals surface area contributed by atoms with Crippen molar-refractivity contribution in [2.45, 2.75) is 154 Å². The van der Waals surface area contributed by atoms with Crippen LogP contribution in [0.5, 0.6) is 0 Å². The highest BCUT2D eigenvalue weighted by Crippen LogP contribution is 2.40. The number of alkyl halides is 2. The number of halogens is 2. The van der Waals surface area contributed by atoms with Gasteiger partial charge in [0.05, 0.1) is 12.2 Å². The van der Waals surface area contributed by atoms with Gasteiger partial charge < -0.3 is 14.2 Å². The molecule has 2 fully saturated rings. The lowest BCUT2D eigenvalue weighted by atomic mass is 9.84. The van der Waals surface area contributed by atoms with E-state index in [4.69, 9.17) is 14.2 Å². The number of carbonyl (C=O) groups is 3. The SMILES string of the molecule is CCCCCCC(F)(F)C(=O)CC[C@H]1[C@H](OC2CCCCO2)CC(=O)[C@@H]1CCCCCCC=CC(=O)OC(C)C. The highest BCUT2D eigenvalue weighted by Gasteiger charge is 2.45. The van der Waals surface area contributed by atoms with Gasteiger partial charge in [0.15, 0.2) is 6.29 Å². The first kappa shape index (κ1) is 34.5. The minimum Gasteiger partial charge on any atom is -0.460 e. The summed E-state index contributed by atoms with van der Waals surface area (Å²) in [6, 6.07) is 0. The number of ether oxygens (including phenoxy) is 3. The zero-order valence-corrected chi connectivity index (χ0v) is 25.0. The van der Waals surface area contributed by atoms with Gasteiger partial charge in [0.25, 0.3) is 0 Å². The van der Waals surface area contributed by atoms with E-state index in [9.17, 15) is 23.2 Å². The smallest absolute Gasteiger partial charge is 0.330 e. The van der Waals surface area contributed by atoms with Gasteiger partial charge in [-0.05, 0) is 71.1 Å². The molecule has 1 heterocycles. The zero-order valence-electron chi connectivity index (χ0n) is 25.0. The molecule has 1 aliphatic heterocycles. The molecule has 230 valence electrons. The molecule has 40 heavy (non-hydrogen) atoms. The lowest BCUT2D eigenvalue weighted by Crippen LogP contribution is -2.33. The number of Topliss-reactive ketones (excluding diaryl/α,β-unsaturated/α-hetero) is 2. The second-order valence-electron chi connectivity index (χ2n) is 11.8. The molecule has 1 unspecified atom stereocenters. The molecule has 0 aromatic rings. The summed E-state index contributed by atoms with van der Waals surface area (Å²) in [6.45, 7) is 6.26. The van der Waals surface area contributed by atoms with Crippen molar-refractivity contribution in [3.63, 3.8) is 0 Å². The van der Waals surface area contributed by atoms with Crippen molar-refractivity contribution in [2.24, 2.45) is 11.8 Å². The number of hydrogen-bond donors (Lipinski definition) is 0. The monoisotopic (exact) mass is 570 g/mol. The van der Waals surface area contributed by atoms with Gasteiger partial charge in [-0.2, -0.15) is 8.78 Å². The molecule has 0 bridgehead atoms. The maximum atomic E-state index is 14.5. The minimum absolute atomic E-state index is 0.108. The highest BCUT2D eigenvalue weighted by molar-refractivity contribution is 5.86. The Labute approximate surface area is 240 Å². The molecule has 0 radical (unpaired) electrons. The van der Waals surface area contributed by atoms with Crippen LogP contribution in [-0.4, -0.2) is 48.6 Å². The Morgan fingerprint density at radius 3 is 2.50 bits per heavy atom. The van der Waals surface area contributed by atoms with Gasteiger partial charge >= 0.3 is 11.9 Å². The van der Waals surface area contributed by atoms with Crippen LogP contribution >= 0.6 is 0 Å². The maximum absolute atomic E-state index is 14.5. The van der Waals surface area contributed by atoms with Crippen molar-refractivity contribution in [3.8, 4) is 0 Å². The first-order chi connectivity index (χ1) is 19.1. The summed E-state index contributed by atoms with van der Waals surface area (Å²) in [5.74, 6) is -5.06. The number of ketones is 2. The number of hydrogen-bond acceptors (Lipinski definition) is 6. The molecule has 2 aliphatic rings. The summed E-state index contributed by atoms with van der Waals surface area (Å²) in [7, 11) is 0. The fourth-order valence-corrected chi connectivity index (χ4v) is 5.75. The molecule has 1 saturated heterocycles. The van der Waals surface area contributed by atoms with E-state index in [0.29, 0.717) is 25.9 Å². The molecule has 0 aromatic heterocycles. The van der Waals surface area contributed by atoms with Crippen LogP contribution < -0.4 is 0 Å². The molecule has 4 atom stereocenters. The number of allylic oxidation sites excluding steroid dienone is 1. The predicted octanol–water partition coefficient (Wildman–Crippen LogP) is 7.91. The molecule has 1 aliphatic carbocycles. The third-order valence-corrected chi connectivity index (χ3v) is 7.97. The fourth-order valence-electron chi connectivity index (χ4n) is 5.75. The topological polar surface area (TPSA) is 78.9 Å². The zero-order chi connectivity index (χ0) is 29.4. The van der Waals surface area contributed by atoms with E-state index in [0.717, 1.165) is 64.2 Å². The van der Waals surface area contributed by atoms with Crippen molar-refractivity contribution in [3.05, 3.63) is 12.2 Å². The minimum atomic E-state index is -3.31. The highest BCUT2D eigenvalue weighted by atomic mass is 19.3. The summed E-state index contributed by atoms with van der Waals surface area (Å²) in [5.41, 5.74) is 0. The second kappa shape index (κ2) is 18.7. The molecular weight excluding hydrogens is 518 g/mol. The van der Waals surface area contributed by atoms with E-state index in [1.807, 2.05) is 26.8 Å². The maximum Gasteiger partial charge on any atom is 0.330 e. The summed E-state index contributed by atoms with van der Waals surface area (Å²) < 4.78 is 46.1. The summed E-state index contributed by atoms with van der Waals surface area (Å²) in [4.78, 5) is 37.1. The molecule has 6 nitrogen and oxygen atoms in total. The van der Waals surface area contributed by atoms with E-state index in [1.165, 1.54) is 6.08 Å². The Kier molecular flexibility index (Phi) is 16.1. The lowest BCUT2D eigenvalue weighted by Gasteiger charge is -2.30. The van der Waals surface area contributed by atoms with Crippen molar-refractivity contribution < 1.29 is 37.4 Å². The molecule has 0 N–H and O–H groups in total. The molecular formula is C32H52F2O6. The van der Waals surface area contributed by atoms with Crippen LogP contribution in [0.15, 0.2) is 12.2 Å². The van der Waals surface area contributed by atoms with Crippen LogP contribution in [0, 0.1) is 11.8 Å². The first-order valence-electron chi connectivity index (χ1n) is 15.7. The number of esters is 1. The van der Waals surface area contributed by atoms with Crippen LogP contribution in [0.1, 0.15) is 130 Å².